The summed E-state index contributed by atoms with van der Waals surface area (Å²) in [6.07, 6.45) is 1.81. The van der Waals surface area contributed by atoms with E-state index in [1.807, 2.05) is 6.26 Å². The lowest BCUT2D eigenvalue weighted by Crippen LogP contribution is -2.04. The fourth-order valence-corrected chi connectivity index (χ4v) is 0. The zero-order valence-electron chi connectivity index (χ0n) is 7.41. The first kappa shape index (κ1) is 2.61. The van der Waals surface area contributed by atoms with E-state index in [0.717, 1.165) is 0 Å². The molecular formula is C5H12S. The highest BCUT2D eigenvalue weighted by molar-refractivity contribution is 7.99. The van der Waals surface area contributed by atoms with Crippen LogP contribution in [0.2, 0.25) is 0 Å². The first-order valence-electron chi connectivity index (χ1n) is 3.36. The number of hydrogen-bond acceptors (Lipinski definition) is 1. The van der Waals surface area contributed by atoms with E-state index in [2.05, 4.69) is 0 Å². The van der Waals surface area contributed by atoms with Crippen molar-refractivity contribution in [3.63, 3.8) is 0 Å². The van der Waals surface area contributed by atoms with Crippen molar-refractivity contribution in [2.24, 2.45) is 0 Å². The van der Waals surface area contributed by atoms with Crippen molar-refractivity contribution >= 4 is 11.8 Å². The quantitative estimate of drug-likeness (QED) is 0.457. The van der Waals surface area contributed by atoms with Crippen LogP contribution in [0.1, 0.15) is 24.8 Å². The molecule has 0 amide bonds. The molecule has 1 heteroatoms. The van der Waals surface area contributed by atoms with Crippen LogP contribution in [-0.4, -0.2) is 11.0 Å². The highest BCUT2D eigenvalue weighted by atomic mass is 32.2. The topological polar surface area (TPSA) is 0 Å². The Hall–Kier alpha value is 0.350. The van der Waals surface area contributed by atoms with Gasteiger partial charge in [0.25, 0.3) is 0 Å². The summed E-state index contributed by atoms with van der Waals surface area (Å²) in [5.74, 6) is 0. The van der Waals surface area contributed by atoms with E-state index in [9.17, 15) is 0 Å². The van der Waals surface area contributed by atoms with Crippen molar-refractivity contribution in [2.45, 2.75) is 25.4 Å². The molecule has 0 saturated heterocycles. The normalized spacial score (nSPS) is 21.5. The molecule has 0 unspecified atom stereocenters. The van der Waals surface area contributed by atoms with Crippen LogP contribution in [-0.2, 0) is 0 Å². The third-order valence-electron chi connectivity index (χ3n) is 0.510. The molecular weight excluding hydrogens is 92.1 g/mol. The molecule has 0 heterocycles. The second-order valence-corrected chi connectivity index (χ2v) is 3.14. The molecule has 0 aliphatic heterocycles. The minimum absolute atomic E-state index is 0.604. The van der Waals surface area contributed by atoms with Crippen LogP contribution in [0.3, 0.4) is 0 Å². The van der Waals surface area contributed by atoms with E-state index in [-0.39, 0.29) is 0 Å². The van der Waals surface area contributed by atoms with E-state index in [1.165, 1.54) is 11.8 Å². The van der Waals surface area contributed by atoms with Gasteiger partial charge in [0.2, 0.25) is 0 Å². The number of thioether (sulfide) groups is 1. The first-order valence-corrected chi connectivity index (χ1v) is 3.09. The van der Waals surface area contributed by atoms with Crippen molar-refractivity contribution in [1.29, 1.82) is 0 Å². The predicted octanol–water partition coefficient (Wildman–Crippen LogP) is 2.15. The third kappa shape index (κ3) is 4.35. The fraction of sp³-hybridized carbons (Fsp3) is 1.00. The van der Waals surface area contributed by atoms with Crippen molar-refractivity contribution in [1.82, 2.24) is 0 Å². The Balaban J connectivity index is 4.14. The van der Waals surface area contributed by atoms with E-state index in [1.54, 1.807) is 13.8 Å². The van der Waals surface area contributed by atoms with Gasteiger partial charge in [0.05, 0.1) is 0 Å². The van der Waals surface area contributed by atoms with Crippen LogP contribution in [0.5, 0.6) is 0 Å². The molecule has 0 radical (unpaired) electrons. The van der Waals surface area contributed by atoms with Crippen molar-refractivity contribution in [3.8, 4) is 0 Å². The summed E-state index contributed by atoms with van der Waals surface area (Å²) in [7, 11) is 0. The standard InChI is InChI=1S/C5H12S/c1-5(2,3)6-4/h1-4H3/i1D3. The SMILES string of the molecule is [2H]C([2H])([2H])C(C)(C)SC. The Morgan fingerprint density at radius 1 is 1.67 bits per heavy atom. The van der Waals surface area contributed by atoms with Gasteiger partial charge < -0.3 is 0 Å². The number of hydrogen-bond donors (Lipinski definition) is 0. The van der Waals surface area contributed by atoms with Gasteiger partial charge in [-0.15, -0.1) is 0 Å². The van der Waals surface area contributed by atoms with Crippen LogP contribution in [0.15, 0.2) is 0 Å². The van der Waals surface area contributed by atoms with E-state index >= 15 is 0 Å². The molecule has 0 nitrogen and oxygen atoms in total. The van der Waals surface area contributed by atoms with Gasteiger partial charge in [0, 0.05) is 8.86 Å². The molecule has 0 aromatic heterocycles. The lowest BCUT2D eigenvalue weighted by Gasteiger charge is -2.12. The smallest absolute Gasteiger partial charge is 0.0244 e. The molecule has 0 atom stereocenters. The van der Waals surface area contributed by atoms with Gasteiger partial charge in [0.15, 0.2) is 0 Å². The summed E-state index contributed by atoms with van der Waals surface area (Å²) < 4.78 is 20.5. The van der Waals surface area contributed by atoms with Crippen molar-refractivity contribution < 1.29 is 4.11 Å². The third-order valence-corrected chi connectivity index (χ3v) is 1.53. The minimum atomic E-state index is -1.84. The monoisotopic (exact) mass is 107 g/mol. The molecule has 0 aliphatic carbocycles. The van der Waals surface area contributed by atoms with Gasteiger partial charge in [0.1, 0.15) is 0 Å². The largest absolute Gasteiger partial charge is 0.159 e. The fourth-order valence-electron chi connectivity index (χ4n) is 0. The Kier molecular flexibility index (Phi) is 0.814. The molecule has 0 rings (SSSR count). The van der Waals surface area contributed by atoms with Crippen LogP contribution in [0, 0.1) is 0 Å². The van der Waals surface area contributed by atoms with Gasteiger partial charge in [-0.25, -0.2) is 0 Å². The zero-order valence-corrected chi connectivity index (χ0v) is 5.22. The van der Waals surface area contributed by atoms with Crippen LogP contribution in [0.25, 0.3) is 0 Å². The molecule has 0 spiro atoms. The summed E-state index contributed by atoms with van der Waals surface area (Å²) in [6.45, 7) is 1.61. The molecule has 38 valence electrons. The summed E-state index contributed by atoms with van der Waals surface area (Å²) in [6, 6.07) is 0. The molecule has 0 saturated carbocycles. The molecule has 0 aliphatic rings. The Labute approximate surface area is 48.5 Å². The molecule has 0 fully saturated rings. The molecule has 0 aromatic carbocycles. The number of rotatable bonds is 0. The van der Waals surface area contributed by atoms with Crippen LogP contribution < -0.4 is 0 Å². The first-order chi connectivity index (χ1) is 3.81. The summed E-state index contributed by atoms with van der Waals surface area (Å²) in [4.78, 5) is 0. The van der Waals surface area contributed by atoms with E-state index < -0.39 is 11.6 Å². The van der Waals surface area contributed by atoms with Gasteiger partial charge in [-0.3, -0.25) is 0 Å². The van der Waals surface area contributed by atoms with Crippen LogP contribution in [0.4, 0.5) is 0 Å². The molecule has 0 bridgehead atoms. The van der Waals surface area contributed by atoms with E-state index in [4.69, 9.17) is 4.11 Å². The van der Waals surface area contributed by atoms with Crippen molar-refractivity contribution in [3.05, 3.63) is 0 Å². The Bertz CT molecular complexity index is 94.9. The maximum Gasteiger partial charge on any atom is 0.0244 e. The summed E-state index contributed by atoms with van der Waals surface area (Å²) >= 11 is 1.37. The second kappa shape index (κ2) is 1.87. The maximum atomic E-state index is 7.05. The Morgan fingerprint density at radius 2 is 2.17 bits per heavy atom. The van der Waals surface area contributed by atoms with Gasteiger partial charge in [-0.05, 0) is 6.26 Å². The van der Waals surface area contributed by atoms with Gasteiger partial charge >= 0.3 is 0 Å². The minimum Gasteiger partial charge on any atom is -0.159 e. The lowest BCUT2D eigenvalue weighted by molar-refractivity contribution is 0.806. The Morgan fingerprint density at radius 3 is 2.17 bits per heavy atom. The predicted molar refractivity (Wildman–Crippen MR) is 33.3 cm³/mol. The highest BCUT2D eigenvalue weighted by Gasteiger charge is 2.04. The summed E-state index contributed by atoms with van der Waals surface area (Å²) in [5, 5.41) is 0. The summed E-state index contributed by atoms with van der Waals surface area (Å²) in [5.41, 5.74) is 0. The average molecular weight is 107 g/mol. The molecule has 0 N–H and O–H groups in total. The second-order valence-electron chi connectivity index (χ2n) is 1.71. The lowest BCUT2D eigenvalue weighted by atomic mass is 10.3. The molecule has 0 aromatic rings. The van der Waals surface area contributed by atoms with Gasteiger partial charge in [-0.1, -0.05) is 20.7 Å². The maximum absolute atomic E-state index is 7.05. The van der Waals surface area contributed by atoms with Crippen molar-refractivity contribution in [2.75, 3.05) is 6.26 Å². The van der Waals surface area contributed by atoms with Gasteiger partial charge in [-0.2, -0.15) is 11.8 Å². The zero-order chi connectivity index (χ0) is 7.71. The average Bonchev–Trinajstić information content (AvgIpc) is 1.64. The highest BCUT2D eigenvalue weighted by Crippen LogP contribution is 2.18. The van der Waals surface area contributed by atoms with E-state index in [0.29, 0.717) is 0 Å². The van der Waals surface area contributed by atoms with Crippen LogP contribution >= 0.6 is 11.8 Å². The molecule has 6 heavy (non-hydrogen) atoms.